The lowest BCUT2D eigenvalue weighted by Gasteiger charge is -2.40. The van der Waals surface area contributed by atoms with Crippen molar-refractivity contribution in [2.24, 2.45) is 29.0 Å². The van der Waals surface area contributed by atoms with Gasteiger partial charge in [-0.2, -0.15) is 0 Å². The molecule has 0 aliphatic carbocycles. The maximum atomic E-state index is 14.5. The van der Waals surface area contributed by atoms with Crippen molar-refractivity contribution in [1.29, 1.82) is 0 Å². The third-order valence-electron chi connectivity index (χ3n) is 9.68. The quantitative estimate of drug-likeness (QED) is 0.0525. The Balaban J connectivity index is 2.49. The van der Waals surface area contributed by atoms with Gasteiger partial charge in [0.25, 0.3) is 5.91 Å². The topological polar surface area (TPSA) is 327 Å². The number of benzene rings is 1. The summed E-state index contributed by atoms with van der Waals surface area (Å²) < 4.78 is 0. The standard InChI is InChI=1S/C38H60N10O10/c1-21(2)30(41)35(56)46-36(57)31(22(3)4)45-37(58)38(16-10-18-48(38)17-9-13-24-11-7-6-8-12-24)47-34(55)26(19-29(40)52)44-32(53)25(14-15-28(39)51)43-33(54)27(20-49)42-23(5)50/h6-8,11-12,21-22,25-27,30-31,49H,9-10,13-20,41H2,1-5H3,(H2,39,51)(H2,40,52)(H,42,50)(H,43,54)(H,44,53)(H,45,58)(H,47,55)(H,46,56,57)/t25-,26-,27-,30-,31-,38-/m0/s1. The third kappa shape index (κ3) is 14.8. The molecular weight excluding hydrogens is 756 g/mol. The second-order valence-corrected chi connectivity index (χ2v) is 15.1. The van der Waals surface area contributed by atoms with Crippen molar-refractivity contribution >= 4 is 53.2 Å². The number of likely N-dealkylation sites (tertiary alicyclic amines) is 1. The van der Waals surface area contributed by atoms with Gasteiger partial charge in [-0.15, -0.1) is 0 Å². The lowest BCUT2D eigenvalue weighted by atomic mass is 9.98. The van der Waals surface area contributed by atoms with Gasteiger partial charge in [0.05, 0.1) is 19.1 Å². The number of carbonyl (C=O) groups is 9. The summed E-state index contributed by atoms with van der Waals surface area (Å²) in [5.74, 6) is -8.76. The number of hydrogen-bond acceptors (Lipinski definition) is 12. The number of nitrogens with two attached hydrogens (primary N) is 3. The second-order valence-electron chi connectivity index (χ2n) is 15.1. The Morgan fingerprint density at radius 3 is 1.95 bits per heavy atom. The van der Waals surface area contributed by atoms with E-state index in [9.17, 15) is 48.3 Å². The van der Waals surface area contributed by atoms with Gasteiger partial charge in [0.15, 0.2) is 5.66 Å². The lowest BCUT2D eigenvalue weighted by molar-refractivity contribution is -0.145. The number of aliphatic hydroxyl groups is 1. The largest absolute Gasteiger partial charge is 0.394 e. The minimum atomic E-state index is -1.83. The van der Waals surface area contributed by atoms with Crippen molar-refractivity contribution in [3.8, 4) is 0 Å². The van der Waals surface area contributed by atoms with Crippen LogP contribution in [0.1, 0.15) is 78.7 Å². The summed E-state index contributed by atoms with van der Waals surface area (Å²) in [7, 11) is 0. The van der Waals surface area contributed by atoms with Crippen LogP contribution in [0.2, 0.25) is 0 Å². The summed E-state index contributed by atoms with van der Waals surface area (Å²) in [6.07, 6.45) is 0.0703. The Kier molecular flexibility index (Phi) is 19.4. The number of nitrogens with zero attached hydrogens (tertiary/aromatic N) is 1. The molecule has 0 aromatic heterocycles. The van der Waals surface area contributed by atoms with Crippen LogP contribution in [0.15, 0.2) is 30.3 Å². The Labute approximate surface area is 337 Å². The van der Waals surface area contributed by atoms with Gasteiger partial charge in [-0.1, -0.05) is 58.0 Å². The molecule has 1 fully saturated rings. The van der Waals surface area contributed by atoms with Gasteiger partial charge in [-0.05, 0) is 49.5 Å². The van der Waals surface area contributed by atoms with Gasteiger partial charge in [0.1, 0.15) is 24.2 Å². The highest BCUT2D eigenvalue weighted by molar-refractivity contribution is 6.03. The van der Waals surface area contributed by atoms with Crippen LogP contribution in [-0.4, -0.2) is 119 Å². The van der Waals surface area contributed by atoms with Gasteiger partial charge in [-0.3, -0.25) is 53.4 Å². The normalized spacial score (nSPS) is 17.9. The Morgan fingerprint density at radius 1 is 0.776 bits per heavy atom. The summed E-state index contributed by atoms with van der Waals surface area (Å²) in [6, 6.07) is 2.56. The van der Waals surface area contributed by atoms with Crippen LogP contribution in [0.25, 0.3) is 0 Å². The fraction of sp³-hybridized carbons (Fsp3) is 0.605. The maximum Gasteiger partial charge on any atom is 0.261 e. The molecule has 2 rings (SSSR count). The molecule has 1 aliphatic rings. The molecule has 20 heteroatoms. The molecular formula is C38H60N10O10. The molecule has 0 radical (unpaired) electrons. The minimum Gasteiger partial charge on any atom is -0.394 e. The van der Waals surface area contributed by atoms with E-state index >= 15 is 0 Å². The van der Waals surface area contributed by atoms with Crippen LogP contribution in [-0.2, 0) is 49.6 Å². The molecule has 322 valence electrons. The van der Waals surface area contributed by atoms with Gasteiger partial charge >= 0.3 is 0 Å². The lowest BCUT2D eigenvalue weighted by Crippen LogP contribution is -2.70. The SMILES string of the molecule is CC(=O)N[C@@H](CO)C(=O)N[C@@H](CCC(N)=O)C(=O)N[C@@H](CC(N)=O)C(=O)N[C@@]1(C(=O)N[C@H](C(=O)NC(=O)[C@@H](N)C(C)C)C(C)C)CCCN1CCCc1ccccc1. The number of rotatable bonds is 23. The van der Waals surface area contributed by atoms with Crippen molar-refractivity contribution in [2.75, 3.05) is 19.7 Å². The first-order valence-electron chi connectivity index (χ1n) is 19.3. The zero-order valence-electron chi connectivity index (χ0n) is 33.8. The van der Waals surface area contributed by atoms with Crippen LogP contribution < -0.4 is 49.1 Å². The highest BCUT2D eigenvalue weighted by Crippen LogP contribution is 2.29. The van der Waals surface area contributed by atoms with Crippen molar-refractivity contribution in [3.63, 3.8) is 0 Å². The predicted octanol–water partition coefficient (Wildman–Crippen LogP) is -3.10. The molecule has 1 heterocycles. The van der Waals surface area contributed by atoms with Crippen LogP contribution >= 0.6 is 0 Å². The van der Waals surface area contributed by atoms with E-state index in [0.717, 1.165) is 12.5 Å². The van der Waals surface area contributed by atoms with E-state index in [0.29, 0.717) is 25.8 Å². The summed E-state index contributed by atoms with van der Waals surface area (Å²) >= 11 is 0. The fourth-order valence-corrected chi connectivity index (χ4v) is 6.37. The number of carbonyl (C=O) groups excluding carboxylic acids is 9. The summed E-state index contributed by atoms with van der Waals surface area (Å²) in [5.41, 5.74) is 15.9. The molecule has 20 nitrogen and oxygen atoms in total. The van der Waals surface area contributed by atoms with E-state index in [4.69, 9.17) is 17.2 Å². The zero-order chi connectivity index (χ0) is 43.7. The van der Waals surface area contributed by atoms with Gasteiger partial charge in [-0.25, -0.2) is 0 Å². The molecule has 0 spiro atoms. The average Bonchev–Trinajstić information content (AvgIpc) is 3.56. The Hall–Kier alpha value is -5.47. The minimum absolute atomic E-state index is 0.0414. The van der Waals surface area contributed by atoms with Crippen LogP contribution in [0.4, 0.5) is 0 Å². The molecule has 0 unspecified atom stereocenters. The predicted molar refractivity (Wildman–Crippen MR) is 210 cm³/mol. The number of primary amides is 2. The summed E-state index contributed by atoms with van der Waals surface area (Å²) in [4.78, 5) is 119. The maximum absolute atomic E-state index is 14.5. The van der Waals surface area contributed by atoms with E-state index < -0.39 is 114 Å². The van der Waals surface area contributed by atoms with E-state index in [-0.39, 0.29) is 25.3 Å². The Morgan fingerprint density at radius 2 is 1.40 bits per heavy atom. The van der Waals surface area contributed by atoms with Crippen LogP contribution in [0, 0.1) is 11.8 Å². The number of aryl methyl sites for hydroxylation is 1. The number of hydrogen-bond donors (Lipinski definition) is 10. The van der Waals surface area contributed by atoms with E-state index in [2.05, 4.69) is 31.9 Å². The molecule has 9 amide bonds. The summed E-state index contributed by atoms with van der Waals surface area (Å²) in [6.45, 7) is 7.61. The highest BCUT2D eigenvalue weighted by atomic mass is 16.3. The smallest absolute Gasteiger partial charge is 0.261 e. The number of aliphatic hydroxyl groups excluding tert-OH is 1. The molecule has 6 atom stereocenters. The fourth-order valence-electron chi connectivity index (χ4n) is 6.37. The second kappa shape index (κ2) is 23.1. The molecule has 1 saturated heterocycles. The Bertz CT molecular complexity index is 1640. The molecule has 0 bridgehead atoms. The number of amides is 9. The first kappa shape index (κ1) is 48.7. The van der Waals surface area contributed by atoms with Crippen molar-refractivity contribution in [2.45, 2.75) is 115 Å². The average molecular weight is 817 g/mol. The molecule has 58 heavy (non-hydrogen) atoms. The molecule has 13 N–H and O–H groups in total. The number of nitrogens with one attached hydrogen (secondary N) is 6. The zero-order valence-corrected chi connectivity index (χ0v) is 33.8. The first-order chi connectivity index (χ1) is 27.2. The monoisotopic (exact) mass is 816 g/mol. The van der Waals surface area contributed by atoms with Gasteiger partial charge in [0.2, 0.25) is 47.3 Å². The van der Waals surface area contributed by atoms with Crippen LogP contribution in [0.3, 0.4) is 0 Å². The first-order valence-corrected chi connectivity index (χ1v) is 19.3. The van der Waals surface area contributed by atoms with Crippen molar-refractivity contribution in [3.05, 3.63) is 35.9 Å². The molecule has 1 aromatic rings. The van der Waals surface area contributed by atoms with E-state index in [1.807, 2.05) is 30.3 Å². The molecule has 0 saturated carbocycles. The van der Waals surface area contributed by atoms with Gasteiger partial charge < -0.3 is 48.9 Å². The van der Waals surface area contributed by atoms with Gasteiger partial charge in [0, 0.05) is 26.4 Å². The summed E-state index contributed by atoms with van der Waals surface area (Å²) in [5, 5.41) is 24.2. The molecule has 1 aromatic carbocycles. The van der Waals surface area contributed by atoms with E-state index in [1.165, 1.54) is 0 Å². The van der Waals surface area contributed by atoms with Crippen molar-refractivity contribution < 1.29 is 48.3 Å². The third-order valence-corrected chi connectivity index (χ3v) is 9.68. The molecule has 1 aliphatic heterocycles. The van der Waals surface area contributed by atoms with Crippen LogP contribution in [0.5, 0.6) is 0 Å². The van der Waals surface area contributed by atoms with E-state index in [1.54, 1.807) is 32.6 Å². The highest BCUT2D eigenvalue weighted by Gasteiger charge is 2.50. The van der Waals surface area contributed by atoms with Crippen molar-refractivity contribution in [1.82, 2.24) is 36.8 Å². The number of imide groups is 1.